The maximum atomic E-state index is 6.31. The van der Waals surface area contributed by atoms with Crippen LogP contribution in [0.1, 0.15) is 29.0 Å². The standard InChI is InChI=1S/C13H13ClO/c1-2-10-3-5-11(6-4-10)13(14)12-7-8-15-9-12/h3-9,13H,2H2,1H3. The van der Waals surface area contributed by atoms with E-state index in [9.17, 15) is 0 Å². The van der Waals surface area contributed by atoms with Crippen LogP contribution in [0, 0.1) is 0 Å². The van der Waals surface area contributed by atoms with Gasteiger partial charge in [0.25, 0.3) is 0 Å². The molecule has 0 aliphatic carbocycles. The van der Waals surface area contributed by atoms with Crippen molar-refractivity contribution >= 4 is 11.6 Å². The van der Waals surface area contributed by atoms with E-state index in [4.69, 9.17) is 16.0 Å². The van der Waals surface area contributed by atoms with E-state index in [1.54, 1.807) is 12.5 Å². The van der Waals surface area contributed by atoms with Gasteiger partial charge in [-0.1, -0.05) is 31.2 Å². The highest BCUT2D eigenvalue weighted by molar-refractivity contribution is 6.22. The Morgan fingerprint density at radius 3 is 2.40 bits per heavy atom. The molecule has 1 heterocycles. The summed E-state index contributed by atoms with van der Waals surface area (Å²) in [5.74, 6) is 0. The fourth-order valence-corrected chi connectivity index (χ4v) is 1.80. The van der Waals surface area contributed by atoms with E-state index in [0.717, 1.165) is 17.5 Å². The molecule has 0 fully saturated rings. The van der Waals surface area contributed by atoms with Crippen molar-refractivity contribution in [2.24, 2.45) is 0 Å². The molecule has 78 valence electrons. The highest BCUT2D eigenvalue weighted by Crippen LogP contribution is 2.28. The van der Waals surface area contributed by atoms with Crippen LogP contribution in [-0.2, 0) is 6.42 Å². The van der Waals surface area contributed by atoms with E-state index in [1.807, 2.05) is 6.07 Å². The fraction of sp³-hybridized carbons (Fsp3) is 0.231. The fourth-order valence-electron chi connectivity index (χ4n) is 1.53. The second kappa shape index (κ2) is 4.54. The molecule has 0 aliphatic rings. The van der Waals surface area contributed by atoms with Crippen LogP contribution in [0.15, 0.2) is 47.3 Å². The lowest BCUT2D eigenvalue weighted by molar-refractivity contribution is 0.564. The quantitative estimate of drug-likeness (QED) is 0.708. The molecule has 0 N–H and O–H groups in total. The lowest BCUT2D eigenvalue weighted by atomic mass is 10.0. The van der Waals surface area contributed by atoms with Gasteiger partial charge in [0.15, 0.2) is 0 Å². The Morgan fingerprint density at radius 1 is 1.13 bits per heavy atom. The first-order chi connectivity index (χ1) is 7.31. The van der Waals surface area contributed by atoms with Crippen molar-refractivity contribution in [3.05, 3.63) is 59.5 Å². The summed E-state index contributed by atoms with van der Waals surface area (Å²) in [5.41, 5.74) is 3.44. The minimum Gasteiger partial charge on any atom is -0.472 e. The molecule has 2 aromatic rings. The second-order valence-electron chi connectivity index (χ2n) is 3.51. The number of halogens is 1. The van der Waals surface area contributed by atoms with Crippen LogP contribution in [0.4, 0.5) is 0 Å². The topological polar surface area (TPSA) is 13.1 Å². The zero-order chi connectivity index (χ0) is 10.7. The lowest BCUT2D eigenvalue weighted by Crippen LogP contribution is -1.91. The van der Waals surface area contributed by atoms with Gasteiger partial charge in [-0.25, -0.2) is 0 Å². The number of hydrogen-bond donors (Lipinski definition) is 0. The van der Waals surface area contributed by atoms with E-state index in [1.165, 1.54) is 5.56 Å². The molecule has 1 atom stereocenters. The number of benzene rings is 1. The van der Waals surface area contributed by atoms with Gasteiger partial charge in [0.2, 0.25) is 0 Å². The number of aryl methyl sites for hydroxylation is 1. The molecular formula is C13H13ClO. The van der Waals surface area contributed by atoms with Gasteiger partial charge in [-0.3, -0.25) is 0 Å². The zero-order valence-electron chi connectivity index (χ0n) is 8.61. The van der Waals surface area contributed by atoms with E-state index in [0.29, 0.717) is 0 Å². The third kappa shape index (κ3) is 2.24. The maximum absolute atomic E-state index is 6.31. The third-order valence-corrected chi connectivity index (χ3v) is 3.02. The highest BCUT2D eigenvalue weighted by Gasteiger charge is 2.11. The molecule has 0 bridgehead atoms. The third-order valence-electron chi connectivity index (χ3n) is 2.52. The number of hydrogen-bond acceptors (Lipinski definition) is 1. The molecule has 1 unspecified atom stereocenters. The van der Waals surface area contributed by atoms with Gasteiger partial charge in [-0.15, -0.1) is 11.6 Å². The van der Waals surface area contributed by atoms with E-state index in [2.05, 4.69) is 31.2 Å². The van der Waals surface area contributed by atoms with Gasteiger partial charge in [-0.05, 0) is 23.6 Å². The van der Waals surface area contributed by atoms with Gasteiger partial charge in [-0.2, -0.15) is 0 Å². The van der Waals surface area contributed by atoms with Crippen LogP contribution in [0.25, 0.3) is 0 Å². The summed E-state index contributed by atoms with van der Waals surface area (Å²) in [6, 6.07) is 10.3. The first-order valence-corrected chi connectivity index (χ1v) is 5.50. The summed E-state index contributed by atoms with van der Waals surface area (Å²) < 4.78 is 5.02. The summed E-state index contributed by atoms with van der Waals surface area (Å²) in [5, 5.41) is -0.116. The van der Waals surface area contributed by atoms with E-state index < -0.39 is 0 Å². The molecule has 0 spiro atoms. The summed E-state index contributed by atoms with van der Waals surface area (Å²) in [6.07, 6.45) is 4.38. The average molecular weight is 221 g/mol. The molecular weight excluding hydrogens is 208 g/mol. The molecule has 0 aliphatic heterocycles. The molecule has 0 amide bonds. The van der Waals surface area contributed by atoms with Gasteiger partial charge in [0.1, 0.15) is 0 Å². The van der Waals surface area contributed by atoms with Crippen LogP contribution < -0.4 is 0 Å². The molecule has 0 radical (unpaired) electrons. The van der Waals surface area contributed by atoms with E-state index in [-0.39, 0.29) is 5.38 Å². The molecule has 2 heteroatoms. The van der Waals surface area contributed by atoms with Crippen molar-refractivity contribution in [1.82, 2.24) is 0 Å². The SMILES string of the molecule is CCc1ccc(C(Cl)c2ccoc2)cc1. The number of alkyl halides is 1. The van der Waals surface area contributed by atoms with Crippen LogP contribution in [0.3, 0.4) is 0 Å². The Hall–Kier alpha value is -1.21. The smallest absolute Gasteiger partial charge is 0.0952 e. The zero-order valence-corrected chi connectivity index (χ0v) is 9.37. The van der Waals surface area contributed by atoms with Gasteiger partial charge < -0.3 is 4.42 Å². The summed E-state index contributed by atoms with van der Waals surface area (Å²) in [6.45, 7) is 2.14. The maximum Gasteiger partial charge on any atom is 0.0952 e. The molecule has 0 saturated carbocycles. The monoisotopic (exact) mass is 220 g/mol. The minimum atomic E-state index is -0.116. The van der Waals surface area contributed by atoms with Crippen molar-refractivity contribution in [1.29, 1.82) is 0 Å². The van der Waals surface area contributed by atoms with Crippen molar-refractivity contribution in [3.63, 3.8) is 0 Å². The molecule has 1 aromatic carbocycles. The van der Waals surface area contributed by atoms with Gasteiger partial charge in [0, 0.05) is 5.56 Å². The summed E-state index contributed by atoms with van der Waals surface area (Å²) in [4.78, 5) is 0. The Morgan fingerprint density at radius 2 is 1.87 bits per heavy atom. The highest BCUT2D eigenvalue weighted by atomic mass is 35.5. The van der Waals surface area contributed by atoms with Crippen molar-refractivity contribution in [3.8, 4) is 0 Å². The van der Waals surface area contributed by atoms with Crippen molar-refractivity contribution < 1.29 is 4.42 Å². The van der Waals surface area contributed by atoms with Crippen molar-refractivity contribution in [2.45, 2.75) is 18.7 Å². The molecule has 1 aromatic heterocycles. The number of rotatable bonds is 3. The van der Waals surface area contributed by atoms with Gasteiger partial charge in [0.05, 0.1) is 17.9 Å². The molecule has 2 rings (SSSR count). The molecule has 1 nitrogen and oxygen atoms in total. The Kier molecular flexibility index (Phi) is 3.12. The minimum absolute atomic E-state index is 0.116. The summed E-state index contributed by atoms with van der Waals surface area (Å²) >= 11 is 6.31. The van der Waals surface area contributed by atoms with Crippen molar-refractivity contribution in [2.75, 3.05) is 0 Å². The predicted molar refractivity (Wildman–Crippen MR) is 62.2 cm³/mol. The van der Waals surface area contributed by atoms with E-state index >= 15 is 0 Å². The normalized spacial score (nSPS) is 12.7. The first kappa shape index (κ1) is 10.3. The molecule has 15 heavy (non-hydrogen) atoms. The van der Waals surface area contributed by atoms with Crippen LogP contribution in [0.5, 0.6) is 0 Å². The Bertz CT molecular complexity index is 403. The largest absolute Gasteiger partial charge is 0.472 e. The predicted octanol–water partition coefficient (Wildman–Crippen LogP) is 4.17. The van der Waals surface area contributed by atoms with Crippen LogP contribution in [0.2, 0.25) is 0 Å². The lowest BCUT2D eigenvalue weighted by Gasteiger charge is -2.07. The molecule has 0 saturated heterocycles. The Balaban J connectivity index is 2.22. The van der Waals surface area contributed by atoms with Crippen LogP contribution >= 0.6 is 11.6 Å². The average Bonchev–Trinajstić information content (AvgIpc) is 2.82. The summed E-state index contributed by atoms with van der Waals surface area (Å²) in [7, 11) is 0. The second-order valence-corrected chi connectivity index (χ2v) is 3.95. The first-order valence-electron chi connectivity index (χ1n) is 5.06. The van der Waals surface area contributed by atoms with Crippen LogP contribution in [-0.4, -0.2) is 0 Å². The Labute approximate surface area is 94.7 Å². The van der Waals surface area contributed by atoms with Gasteiger partial charge >= 0.3 is 0 Å². The number of furan rings is 1.